The Kier molecular flexibility index (Phi) is 4.15. The number of anilines is 2. The van der Waals surface area contributed by atoms with Crippen LogP contribution in [-0.4, -0.2) is 17.0 Å². The van der Waals surface area contributed by atoms with Gasteiger partial charge in [0.15, 0.2) is 0 Å². The first-order valence-electron chi connectivity index (χ1n) is 5.69. The van der Waals surface area contributed by atoms with E-state index in [4.69, 9.17) is 0 Å². The van der Waals surface area contributed by atoms with Crippen LogP contribution >= 0.6 is 15.9 Å². The molecule has 0 aliphatic carbocycles. The summed E-state index contributed by atoms with van der Waals surface area (Å²) in [5.41, 5.74) is 2.48. The van der Waals surface area contributed by atoms with Crippen LogP contribution in [0.2, 0.25) is 0 Å². The van der Waals surface area contributed by atoms with E-state index in [9.17, 15) is 0 Å². The molecule has 0 fully saturated rings. The van der Waals surface area contributed by atoms with Gasteiger partial charge in [0.05, 0.1) is 4.47 Å². The van der Waals surface area contributed by atoms with Gasteiger partial charge in [-0.1, -0.05) is 29.8 Å². The number of benzene rings is 1. The normalized spacial score (nSPS) is 10.2. The van der Waals surface area contributed by atoms with Gasteiger partial charge >= 0.3 is 0 Å². The first-order chi connectivity index (χ1) is 8.69. The minimum absolute atomic E-state index is 0.602. The molecule has 18 heavy (non-hydrogen) atoms. The third kappa shape index (κ3) is 3.20. The first kappa shape index (κ1) is 12.8. The summed E-state index contributed by atoms with van der Waals surface area (Å²) in [6, 6.07) is 8.39. The Hall–Kier alpha value is -1.62. The van der Waals surface area contributed by atoms with Gasteiger partial charge < -0.3 is 10.6 Å². The van der Waals surface area contributed by atoms with Crippen LogP contribution in [0.3, 0.4) is 0 Å². The predicted octanol–water partition coefficient (Wildman–Crippen LogP) is 3.20. The lowest BCUT2D eigenvalue weighted by atomic mass is 10.1. The van der Waals surface area contributed by atoms with Crippen molar-refractivity contribution in [3.05, 3.63) is 46.1 Å². The molecular weight excluding hydrogens is 292 g/mol. The van der Waals surface area contributed by atoms with Crippen LogP contribution in [0.15, 0.2) is 34.9 Å². The Morgan fingerprint density at radius 2 is 2.17 bits per heavy atom. The van der Waals surface area contributed by atoms with Gasteiger partial charge in [-0.25, -0.2) is 4.98 Å². The Labute approximate surface area is 115 Å². The largest absolute Gasteiger partial charge is 0.365 e. The van der Waals surface area contributed by atoms with Gasteiger partial charge in [0.25, 0.3) is 0 Å². The third-order valence-electron chi connectivity index (χ3n) is 2.51. The van der Waals surface area contributed by atoms with E-state index in [2.05, 4.69) is 67.7 Å². The molecule has 0 saturated carbocycles. The van der Waals surface area contributed by atoms with E-state index >= 15 is 0 Å². The molecule has 1 aromatic heterocycles. The molecule has 0 aliphatic rings. The van der Waals surface area contributed by atoms with Crippen molar-refractivity contribution < 1.29 is 0 Å². The lowest BCUT2D eigenvalue weighted by Gasteiger charge is -2.09. The van der Waals surface area contributed by atoms with Crippen molar-refractivity contribution in [1.29, 1.82) is 0 Å². The molecule has 0 radical (unpaired) electrons. The topological polar surface area (TPSA) is 49.8 Å². The zero-order valence-electron chi connectivity index (χ0n) is 10.4. The molecule has 94 valence electrons. The minimum atomic E-state index is 0.602. The summed E-state index contributed by atoms with van der Waals surface area (Å²) >= 11 is 3.43. The van der Waals surface area contributed by atoms with E-state index in [0.717, 1.165) is 16.8 Å². The van der Waals surface area contributed by atoms with Crippen molar-refractivity contribution in [3.8, 4) is 0 Å². The van der Waals surface area contributed by atoms with E-state index in [1.165, 1.54) is 11.1 Å². The van der Waals surface area contributed by atoms with Crippen LogP contribution in [0, 0.1) is 6.92 Å². The summed E-state index contributed by atoms with van der Waals surface area (Å²) in [6.07, 6.45) is 1.73. The fourth-order valence-electron chi connectivity index (χ4n) is 1.62. The number of nitrogens with one attached hydrogen (secondary N) is 2. The molecule has 0 saturated heterocycles. The van der Waals surface area contributed by atoms with Crippen LogP contribution in [0.25, 0.3) is 0 Å². The zero-order chi connectivity index (χ0) is 13.0. The molecule has 4 nitrogen and oxygen atoms in total. The summed E-state index contributed by atoms with van der Waals surface area (Å²) in [6.45, 7) is 2.82. The molecule has 2 N–H and O–H groups in total. The minimum Gasteiger partial charge on any atom is -0.365 e. The zero-order valence-corrected chi connectivity index (χ0v) is 12.0. The summed E-state index contributed by atoms with van der Waals surface area (Å²) in [4.78, 5) is 8.47. The first-order valence-corrected chi connectivity index (χ1v) is 6.48. The SMILES string of the molecule is CNc1ncc(Br)c(NCc2cccc(C)c2)n1. The van der Waals surface area contributed by atoms with E-state index in [1.807, 2.05) is 0 Å². The van der Waals surface area contributed by atoms with Crippen LogP contribution < -0.4 is 10.6 Å². The quantitative estimate of drug-likeness (QED) is 0.911. The number of hydrogen-bond acceptors (Lipinski definition) is 4. The van der Waals surface area contributed by atoms with E-state index in [0.29, 0.717) is 5.95 Å². The average molecular weight is 307 g/mol. The van der Waals surface area contributed by atoms with Gasteiger partial charge in [-0.3, -0.25) is 0 Å². The highest BCUT2D eigenvalue weighted by atomic mass is 79.9. The number of hydrogen-bond donors (Lipinski definition) is 2. The Morgan fingerprint density at radius 3 is 2.89 bits per heavy atom. The lowest BCUT2D eigenvalue weighted by Crippen LogP contribution is -2.05. The van der Waals surface area contributed by atoms with E-state index < -0.39 is 0 Å². The molecule has 0 bridgehead atoms. The molecule has 1 aromatic carbocycles. The standard InChI is InChI=1S/C13H15BrN4/c1-9-4-3-5-10(6-9)7-16-12-11(14)8-17-13(15-2)18-12/h3-6,8H,7H2,1-2H3,(H2,15,16,17,18). The summed E-state index contributed by atoms with van der Waals surface area (Å²) in [5.74, 6) is 1.39. The Morgan fingerprint density at radius 1 is 1.33 bits per heavy atom. The van der Waals surface area contributed by atoms with Gasteiger partial charge in [0.1, 0.15) is 5.82 Å². The van der Waals surface area contributed by atoms with E-state index in [1.54, 1.807) is 13.2 Å². The summed E-state index contributed by atoms with van der Waals surface area (Å²) in [7, 11) is 1.80. The second-order valence-corrected chi connectivity index (χ2v) is 4.84. The molecule has 2 aromatic rings. The average Bonchev–Trinajstić information content (AvgIpc) is 2.38. The van der Waals surface area contributed by atoms with Crippen molar-refractivity contribution >= 4 is 27.7 Å². The molecule has 0 amide bonds. The molecule has 0 unspecified atom stereocenters. The van der Waals surface area contributed by atoms with Crippen LogP contribution in [0.1, 0.15) is 11.1 Å². The van der Waals surface area contributed by atoms with Crippen LogP contribution in [0.5, 0.6) is 0 Å². The highest BCUT2D eigenvalue weighted by molar-refractivity contribution is 9.10. The number of rotatable bonds is 4. The molecule has 0 atom stereocenters. The van der Waals surface area contributed by atoms with Crippen LogP contribution in [-0.2, 0) is 6.54 Å². The second-order valence-electron chi connectivity index (χ2n) is 3.98. The fourth-order valence-corrected chi connectivity index (χ4v) is 1.95. The van der Waals surface area contributed by atoms with E-state index in [-0.39, 0.29) is 0 Å². The van der Waals surface area contributed by atoms with Gasteiger partial charge in [0.2, 0.25) is 5.95 Å². The summed E-state index contributed by atoms with van der Waals surface area (Å²) < 4.78 is 0.856. The second kappa shape index (κ2) is 5.82. The van der Waals surface area contributed by atoms with Gasteiger partial charge in [-0.15, -0.1) is 0 Å². The van der Waals surface area contributed by atoms with Crippen molar-refractivity contribution in [3.63, 3.8) is 0 Å². The third-order valence-corrected chi connectivity index (χ3v) is 3.09. The van der Waals surface area contributed by atoms with Crippen molar-refractivity contribution in [1.82, 2.24) is 9.97 Å². The molecule has 5 heteroatoms. The van der Waals surface area contributed by atoms with Gasteiger partial charge in [-0.05, 0) is 28.4 Å². The van der Waals surface area contributed by atoms with Crippen molar-refractivity contribution in [2.45, 2.75) is 13.5 Å². The summed E-state index contributed by atoms with van der Waals surface area (Å²) in [5, 5.41) is 6.21. The molecule has 0 aliphatic heterocycles. The van der Waals surface area contributed by atoms with Crippen molar-refractivity contribution in [2.24, 2.45) is 0 Å². The predicted molar refractivity (Wildman–Crippen MR) is 77.8 cm³/mol. The fraction of sp³-hybridized carbons (Fsp3) is 0.231. The molecular formula is C13H15BrN4. The number of aryl methyl sites for hydroxylation is 1. The Balaban J connectivity index is 2.10. The maximum atomic E-state index is 4.35. The molecule has 0 spiro atoms. The number of halogens is 1. The van der Waals surface area contributed by atoms with Crippen LogP contribution in [0.4, 0.5) is 11.8 Å². The molecule has 1 heterocycles. The monoisotopic (exact) mass is 306 g/mol. The lowest BCUT2D eigenvalue weighted by molar-refractivity contribution is 1.07. The van der Waals surface area contributed by atoms with Gasteiger partial charge in [0, 0.05) is 19.8 Å². The number of aromatic nitrogens is 2. The van der Waals surface area contributed by atoms with Crippen molar-refractivity contribution in [2.75, 3.05) is 17.7 Å². The maximum absolute atomic E-state index is 4.35. The maximum Gasteiger partial charge on any atom is 0.224 e. The smallest absolute Gasteiger partial charge is 0.224 e. The Bertz CT molecular complexity index is 542. The highest BCUT2D eigenvalue weighted by Gasteiger charge is 2.03. The number of nitrogens with zero attached hydrogens (tertiary/aromatic N) is 2. The highest BCUT2D eigenvalue weighted by Crippen LogP contribution is 2.20. The van der Waals surface area contributed by atoms with Gasteiger partial charge in [-0.2, -0.15) is 4.98 Å². The molecule has 2 rings (SSSR count).